The van der Waals surface area contributed by atoms with Crippen LogP contribution in [0.25, 0.3) is 0 Å². The number of piperidine rings is 1. The van der Waals surface area contributed by atoms with E-state index in [1.807, 2.05) is 6.92 Å². The van der Waals surface area contributed by atoms with E-state index in [0.29, 0.717) is 12.8 Å². The molecule has 0 bridgehead atoms. The summed E-state index contributed by atoms with van der Waals surface area (Å²) in [5.74, 6) is 0. The Morgan fingerprint density at radius 2 is 1.45 bits per heavy atom. The van der Waals surface area contributed by atoms with Gasteiger partial charge in [-0.1, -0.05) is 88.8 Å². The molecule has 2 N–H and O–H groups in total. The summed E-state index contributed by atoms with van der Waals surface area (Å²) in [6, 6.07) is 5.89. The molecule has 178 valence electrons. The molecule has 1 aromatic rings. The van der Waals surface area contributed by atoms with Crippen LogP contribution in [0.4, 0.5) is 0 Å². The molecule has 0 radical (unpaired) electrons. The van der Waals surface area contributed by atoms with Crippen LogP contribution < -0.4 is 0 Å². The van der Waals surface area contributed by atoms with Crippen molar-refractivity contribution in [2.75, 3.05) is 6.61 Å². The summed E-state index contributed by atoms with van der Waals surface area (Å²) in [6.45, 7) is 3.80. The third kappa shape index (κ3) is 7.85. The van der Waals surface area contributed by atoms with Crippen molar-refractivity contribution >= 4 is 10.0 Å². The number of nitrogens with zero attached hydrogens (tertiary/aromatic N) is 1. The number of unbranched alkanes of at least 4 members (excludes halogenated alkanes) is 9. The van der Waals surface area contributed by atoms with Crippen LogP contribution in [0, 0.1) is 6.92 Å². The van der Waals surface area contributed by atoms with Gasteiger partial charge in [-0.3, -0.25) is 0 Å². The van der Waals surface area contributed by atoms with Crippen LogP contribution in [0.5, 0.6) is 0 Å². The van der Waals surface area contributed by atoms with E-state index in [1.54, 1.807) is 24.3 Å². The van der Waals surface area contributed by atoms with Crippen LogP contribution in [0.1, 0.15) is 96.0 Å². The quantitative estimate of drug-likeness (QED) is 0.380. The highest BCUT2D eigenvalue weighted by Gasteiger charge is 2.43. The second-order valence-electron chi connectivity index (χ2n) is 9.17. The topological polar surface area (TPSA) is 77.8 Å². The van der Waals surface area contributed by atoms with Crippen LogP contribution in [-0.4, -0.2) is 47.7 Å². The highest BCUT2D eigenvalue weighted by molar-refractivity contribution is 7.89. The van der Waals surface area contributed by atoms with Gasteiger partial charge in [-0.2, -0.15) is 4.31 Å². The summed E-state index contributed by atoms with van der Waals surface area (Å²) in [4.78, 5) is 0.235. The molecular weight excluding hydrogens is 410 g/mol. The molecule has 2 rings (SSSR count). The van der Waals surface area contributed by atoms with Crippen molar-refractivity contribution in [3.05, 3.63) is 29.8 Å². The van der Waals surface area contributed by atoms with E-state index in [2.05, 4.69) is 6.92 Å². The fourth-order valence-electron chi connectivity index (χ4n) is 4.67. The summed E-state index contributed by atoms with van der Waals surface area (Å²) in [5, 5.41) is 20.3. The van der Waals surface area contributed by atoms with Crippen molar-refractivity contribution < 1.29 is 18.6 Å². The van der Waals surface area contributed by atoms with Gasteiger partial charge in [0.25, 0.3) is 0 Å². The van der Waals surface area contributed by atoms with E-state index >= 15 is 0 Å². The Hall–Kier alpha value is -0.950. The van der Waals surface area contributed by atoms with Gasteiger partial charge in [0.1, 0.15) is 0 Å². The maximum absolute atomic E-state index is 13.4. The molecule has 0 spiro atoms. The monoisotopic (exact) mass is 453 g/mol. The van der Waals surface area contributed by atoms with E-state index in [0.717, 1.165) is 24.8 Å². The average molecular weight is 454 g/mol. The van der Waals surface area contributed by atoms with Crippen molar-refractivity contribution in [3.63, 3.8) is 0 Å². The fourth-order valence-corrected chi connectivity index (χ4v) is 6.56. The standard InChI is InChI=1S/C25H43NO4S/c1-3-4-5-6-7-8-9-10-11-12-13-22-16-19-25(28)24(20-27)26(22)31(29,30)23-17-14-21(2)15-18-23/h14-15,17-18,22,24-25,27-28H,3-13,16,19-20H2,1-2H3/t22-,24+,25-/m1/s1. The number of sulfonamides is 1. The lowest BCUT2D eigenvalue weighted by molar-refractivity contribution is -0.00293. The smallest absolute Gasteiger partial charge is 0.243 e. The molecule has 1 aliphatic rings. The Bertz CT molecular complexity index is 720. The minimum atomic E-state index is -3.77. The molecule has 0 unspecified atom stereocenters. The fraction of sp³-hybridized carbons (Fsp3) is 0.760. The van der Waals surface area contributed by atoms with E-state index in [-0.39, 0.29) is 17.5 Å². The lowest BCUT2D eigenvalue weighted by Crippen LogP contribution is -2.57. The molecule has 1 fully saturated rings. The molecule has 3 atom stereocenters. The Kier molecular flexibility index (Phi) is 11.5. The molecule has 1 saturated heterocycles. The second kappa shape index (κ2) is 13.6. The summed E-state index contributed by atoms with van der Waals surface area (Å²) >= 11 is 0. The largest absolute Gasteiger partial charge is 0.395 e. The molecule has 31 heavy (non-hydrogen) atoms. The van der Waals surface area contributed by atoms with Crippen molar-refractivity contribution in [1.29, 1.82) is 0 Å². The first-order chi connectivity index (χ1) is 14.9. The molecule has 0 aliphatic carbocycles. The molecule has 0 saturated carbocycles. The lowest BCUT2D eigenvalue weighted by atomic mass is 9.92. The summed E-state index contributed by atoms with van der Waals surface area (Å²) in [6.07, 6.45) is 13.6. The minimum Gasteiger partial charge on any atom is -0.395 e. The Morgan fingerprint density at radius 1 is 0.903 bits per heavy atom. The number of benzene rings is 1. The molecule has 1 aliphatic heterocycles. The van der Waals surface area contributed by atoms with Gasteiger partial charge < -0.3 is 10.2 Å². The van der Waals surface area contributed by atoms with E-state index in [1.165, 1.54) is 55.7 Å². The zero-order chi connectivity index (χ0) is 22.7. The van der Waals surface area contributed by atoms with Crippen LogP contribution in [0.2, 0.25) is 0 Å². The van der Waals surface area contributed by atoms with Gasteiger partial charge in [-0.25, -0.2) is 8.42 Å². The third-order valence-corrected chi connectivity index (χ3v) is 8.59. The molecular formula is C25H43NO4S. The predicted octanol–water partition coefficient (Wildman–Crippen LogP) is 5.18. The molecule has 6 heteroatoms. The predicted molar refractivity (Wildman–Crippen MR) is 127 cm³/mol. The van der Waals surface area contributed by atoms with Crippen LogP contribution >= 0.6 is 0 Å². The summed E-state index contributed by atoms with van der Waals surface area (Å²) < 4.78 is 28.2. The van der Waals surface area contributed by atoms with Crippen LogP contribution in [0.15, 0.2) is 29.2 Å². The van der Waals surface area contributed by atoms with Crippen molar-refractivity contribution in [1.82, 2.24) is 4.31 Å². The van der Waals surface area contributed by atoms with Gasteiger partial charge in [0.05, 0.1) is 23.6 Å². The number of rotatable bonds is 14. The number of aryl methyl sites for hydroxylation is 1. The van der Waals surface area contributed by atoms with E-state index in [4.69, 9.17) is 0 Å². The second-order valence-corrected chi connectivity index (χ2v) is 11.0. The first-order valence-electron chi connectivity index (χ1n) is 12.3. The van der Waals surface area contributed by atoms with E-state index in [9.17, 15) is 18.6 Å². The molecule has 0 amide bonds. The van der Waals surface area contributed by atoms with Crippen molar-refractivity contribution in [3.8, 4) is 0 Å². The van der Waals surface area contributed by atoms with Crippen molar-refractivity contribution in [2.24, 2.45) is 0 Å². The first-order valence-corrected chi connectivity index (χ1v) is 13.7. The summed E-state index contributed by atoms with van der Waals surface area (Å²) in [5.41, 5.74) is 0.998. The van der Waals surface area contributed by atoms with Gasteiger partial charge in [-0.05, 0) is 38.3 Å². The minimum absolute atomic E-state index is 0.166. The number of aliphatic hydroxyl groups is 2. The maximum Gasteiger partial charge on any atom is 0.243 e. The SMILES string of the molecule is CCCCCCCCCCCC[C@@H]1CC[C@@H](O)[C@H](CO)N1S(=O)(=O)c1ccc(C)cc1. The lowest BCUT2D eigenvalue weighted by Gasteiger charge is -2.43. The highest BCUT2D eigenvalue weighted by atomic mass is 32.2. The molecule has 1 heterocycles. The van der Waals surface area contributed by atoms with Gasteiger partial charge in [-0.15, -0.1) is 0 Å². The van der Waals surface area contributed by atoms with Gasteiger partial charge in [0.2, 0.25) is 10.0 Å². The summed E-state index contributed by atoms with van der Waals surface area (Å²) in [7, 11) is -3.77. The number of hydrogen-bond donors (Lipinski definition) is 2. The number of hydrogen-bond acceptors (Lipinski definition) is 4. The molecule has 1 aromatic carbocycles. The molecule has 5 nitrogen and oxygen atoms in total. The Morgan fingerprint density at radius 3 is 2.00 bits per heavy atom. The zero-order valence-electron chi connectivity index (χ0n) is 19.5. The molecule has 0 aromatic heterocycles. The van der Waals surface area contributed by atoms with Crippen LogP contribution in [0.3, 0.4) is 0 Å². The van der Waals surface area contributed by atoms with Gasteiger partial charge in [0, 0.05) is 6.04 Å². The van der Waals surface area contributed by atoms with Gasteiger partial charge >= 0.3 is 0 Å². The van der Waals surface area contributed by atoms with E-state index < -0.39 is 22.2 Å². The Balaban J connectivity index is 1.91. The maximum atomic E-state index is 13.4. The van der Waals surface area contributed by atoms with Gasteiger partial charge in [0.15, 0.2) is 0 Å². The zero-order valence-corrected chi connectivity index (χ0v) is 20.3. The Labute approximate surface area is 189 Å². The number of aliphatic hydroxyl groups excluding tert-OH is 2. The average Bonchev–Trinajstić information content (AvgIpc) is 2.75. The van der Waals surface area contributed by atoms with Crippen LogP contribution in [-0.2, 0) is 10.0 Å². The highest BCUT2D eigenvalue weighted by Crippen LogP contribution is 2.32. The van der Waals surface area contributed by atoms with Crippen molar-refractivity contribution in [2.45, 2.75) is 120 Å². The third-order valence-electron chi connectivity index (χ3n) is 6.60. The normalized spacial score (nSPS) is 22.6. The first kappa shape index (κ1) is 26.3.